The molecule has 4 saturated carbocycles. The second kappa shape index (κ2) is 4.11. The lowest BCUT2D eigenvalue weighted by atomic mass is 9.45. The van der Waals surface area contributed by atoms with E-state index in [1.165, 1.54) is 38.5 Å². The molecule has 4 bridgehead atoms. The van der Waals surface area contributed by atoms with Crippen LogP contribution in [-0.2, 0) is 12.6 Å². The summed E-state index contributed by atoms with van der Waals surface area (Å²) in [6.07, 6.45) is 9.75. The van der Waals surface area contributed by atoms with E-state index >= 15 is 0 Å². The van der Waals surface area contributed by atoms with Gasteiger partial charge in [0.1, 0.15) is 5.60 Å². The molecule has 3 N–H and O–H groups in total. The minimum Gasteiger partial charge on any atom is -0.382 e. The van der Waals surface area contributed by atoms with E-state index in [2.05, 4.69) is 10.6 Å². The van der Waals surface area contributed by atoms with Crippen LogP contribution in [0.4, 0.5) is 0 Å². The first-order valence-electron chi connectivity index (χ1n) is 8.10. The number of hydrogen-bond acceptors (Lipinski definition) is 2. The zero-order valence-electron chi connectivity index (χ0n) is 12.4. The second-order valence-electron chi connectivity index (χ2n) is 7.77. The van der Waals surface area contributed by atoms with Crippen molar-refractivity contribution in [1.29, 1.82) is 0 Å². The molecule has 5 rings (SSSR count). The van der Waals surface area contributed by atoms with E-state index in [0.29, 0.717) is 6.54 Å². The molecule has 0 saturated heterocycles. The van der Waals surface area contributed by atoms with Gasteiger partial charge in [0, 0.05) is 25.2 Å². The summed E-state index contributed by atoms with van der Waals surface area (Å²) in [5.74, 6) is 2.50. The van der Waals surface area contributed by atoms with Crippen molar-refractivity contribution in [1.82, 2.24) is 4.57 Å². The molecule has 3 nitrogen and oxygen atoms in total. The predicted octanol–water partition coefficient (Wildman–Crippen LogP) is 2.39. The van der Waals surface area contributed by atoms with Crippen molar-refractivity contribution in [2.45, 2.75) is 44.1 Å². The fraction of sp³-hybridized carbons (Fsp3) is 0.765. The molecule has 1 atom stereocenters. The summed E-state index contributed by atoms with van der Waals surface area (Å²) < 4.78 is 2.06. The van der Waals surface area contributed by atoms with Crippen LogP contribution in [-0.4, -0.2) is 16.2 Å². The highest BCUT2D eigenvalue weighted by atomic mass is 16.3. The molecule has 3 heteroatoms. The van der Waals surface area contributed by atoms with Gasteiger partial charge < -0.3 is 15.4 Å². The molecule has 1 aromatic rings. The van der Waals surface area contributed by atoms with Gasteiger partial charge in [-0.1, -0.05) is 0 Å². The highest BCUT2D eigenvalue weighted by Crippen LogP contribution is 2.65. The number of nitrogens with two attached hydrogens (primary N) is 1. The zero-order chi connectivity index (χ0) is 14.0. The molecule has 4 aliphatic carbocycles. The Morgan fingerprint density at radius 2 is 1.80 bits per heavy atom. The Bertz CT molecular complexity index is 486. The van der Waals surface area contributed by atoms with Gasteiger partial charge in [0.2, 0.25) is 0 Å². The first-order valence-corrected chi connectivity index (χ1v) is 8.10. The van der Waals surface area contributed by atoms with Crippen LogP contribution in [0.15, 0.2) is 18.3 Å². The van der Waals surface area contributed by atoms with Crippen molar-refractivity contribution >= 4 is 0 Å². The van der Waals surface area contributed by atoms with Crippen LogP contribution in [0.1, 0.15) is 44.2 Å². The van der Waals surface area contributed by atoms with E-state index in [4.69, 9.17) is 5.73 Å². The average Bonchev–Trinajstić information content (AvgIpc) is 2.83. The van der Waals surface area contributed by atoms with Crippen molar-refractivity contribution < 1.29 is 5.11 Å². The molecule has 1 heterocycles. The number of aliphatic hydroxyl groups is 1. The summed E-state index contributed by atoms with van der Waals surface area (Å²) >= 11 is 0. The summed E-state index contributed by atoms with van der Waals surface area (Å²) in [5.41, 5.74) is 6.33. The van der Waals surface area contributed by atoms with Gasteiger partial charge in [0.15, 0.2) is 0 Å². The maximum absolute atomic E-state index is 11.6. The van der Waals surface area contributed by atoms with Gasteiger partial charge in [-0.25, -0.2) is 0 Å². The molecule has 20 heavy (non-hydrogen) atoms. The molecule has 1 aromatic heterocycles. The Hall–Kier alpha value is -0.800. The van der Waals surface area contributed by atoms with Crippen molar-refractivity contribution in [3.63, 3.8) is 0 Å². The lowest BCUT2D eigenvalue weighted by Gasteiger charge is -2.62. The third kappa shape index (κ3) is 1.54. The first-order chi connectivity index (χ1) is 9.56. The van der Waals surface area contributed by atoms with Gasteiger partial charge in [-0.2, -0.15) is 0 Å². The molecule has 110 valence electrons. The molecule has 1 unspecified atom stereocenters. The largest absolute Gasteiger partial charge is 0.382 e. The van der Waals surface area contributed by atoms with Crippen LogP contribution in [0.25, 0.3) is 0 Å². The predicted molar refractivity (Wildman–Crippen MR) is 79.0 cm³/mol. The van der Waals surface area contributed by atoms with Crippen LogP contribution >= 0.6 is 0 Å². The molecule has 0 radical (unpaired) electrons. The van der Waals surface area contributed by atoms with Crippen LogP contribution < -0.4 is 5.73 Å². The third-order valence-corrected chi connectivity index (χ3v) is 6.58. The summed E-state index contributed by atoms with van der Waals surface area (Å²) in [5, 5.41) is 11.6. The first kappa shape index (κ1) is 12.9. The molecular weight excluding hydrogens is 248 g/mol. The summed E-state index contributed by atoms with van der Waals surface area (Å²) in [7, 11) is 2.02. The summed E-state index contributed by atoms with van der Waals surface area (Å²) in [6.45, 7) is 0.344. The number of hydrogen-bond donors (Lipinski definition) is 2. The maximum atomic E-state index is 11.6. The van der Waals surface area contributed by atoms with E-state index in [1.54, 1.807) is 0 Å². The number of aryl methyl sites for hydroxylation is 1. The van der Waals surface area contributed by atoms with Crippen LogP contribution in [0.5, 0.6) is 0 Å². The maximum Gasteiger partial charge on any atom is 0.122 e. The fourth-order valence-corrected chi connectivity index (χ4v) is 6.10. The molecule has 0 amide bonds. The van der Waals surface area contributed by atoms with E-state index < -0.39 is 5.60 Å². The molecule has 0 aromatic carbocycles. The average molecular weight is 274 g/mol. The van der Waals surface area contributed by atoms with Gasteiger partial charge in [0.05, 0.1) is 5.69 Å². The fourth-order valence-electron chi connectivity index (χ4n) is 6.10. The SMILES string of the molecule is Cn1cccc1C(O)(CN)C12CC3CC(CC(C3)C1)C2. The Morgan fingerprint density at radius 1 is 1.25 bits per heavy atom. The van der Waals surface area contributed by atoms with Crippen molar-refractivity contribution in [3.8, 4) is 0 Å². The van der Waals surface area contributed by atoms with E-state index in [0.717, 1.165) is 23.4 Å². The van der Waals surface area contributed by atoms with Crippen LogP contribution in [0.2, 0.25) is 0 Å². The smallest absolute Gasteiger partial charge is 0.122 e. The monoisotopic (exact) mass is 274 g/mol. The van der Waals surface area contributed by atoms with Crippen LogP contribution in [0.3, 0.4) is 0 Å². The van der Waals surface area contributed by atoms with E-state index in [9.17, 15) is 5.11 Å². The standard InChI is InChI=1S/C17H26N2O/c1-19-4-2-3-15(19)17(20,11-18)16-8-12-5-13(9-16)7-14(6-12)10-16/h2-4,12-14,20H,5-11,18H2,1H3. The molecule has 0 spiro atoms. The van der Waals surface area contributed by atoms with Gasteiger partial charge >= 0.3 is 0 Å². The van der Waals surface area contributed by atoms with Crippen molar-refractivity contribution in [2.75, 3.05) is 6.54 Å². The Balaban J connectivity index is 1.79. The quantitative estimate of drug-likeness (QED) is 0.889. The van der Waals surface area contributed by atoms with Crippen molar-refractivity contribution in [3.05, 3.63) is 24.0 Å². The Labute approximate surface area is 121 Å². The highest BCUT2D eigenvalue weighted by Gasteiger charge is 2.60. The van der Waals surface area contributed by atoms with Gasteiger partial charge in [-0.15, -0.1) is 0 Å². The second-order valence-corrected chi connectivity index (χ2v) is 7.77. The molecule has 0 aliphatic heterocycles. The minimum absolute atomic E-state index is 0.0304. The normalized spacial score (nSPS) is 41.9. The van der Waals surface area contributed by atoms with E-state index in [1.807, 2.05) is 19.3 Å². The molecular formula is C17H26N2O. The van der Waals surface area contributed by atoms with Gasteiger partial charge in [-0.3, -0.25) is 0 Å². The van der Waals surface area contributed by atoms with Crippen LogP contribution in [0, 0.1) is 23.2 Å². The number of rotatable bonds is 3. The highest BCUT2D eigenvalue weighted by molar-refractivity contribution is 5.24. The topological polar surface area (TPSA) is 51.2 Å². The van der Waals surface area contributed by atoms with Crippen molar-refractivity contribution in [2.24, 2.45) is 36.0 Å². The van der Waals surface area contributed by atoms with Gasteiger partial charge in [0.25, 0.3) is 0 Å². The lowest BCUT2D eigenvalue weighted by molar-refractivity contribution is -0.182. The summed E-state index contributed by atoms with van der Waals surface area (Å²) in [6, 6.07) is 4.09. The third-order valence-electron chi connectivity index (χ3n) is 6.58. The number of nitrogens with zero attached hydrogens (tertiary/aromatic N) is 1. The molecule has 4 aliphatic rings. The minimum atomic E-state index is -0.846. The van der Waals surface area contributed by atoms with E-state index in [-0.39, 0.29) is 5.41 Å². The Kier molecular flexibility index (Phi) is 2.65. The summed E-state index contributed by atoms with van der Waals surface area (Å²) in [4.78, 5) is 0. The van der Waals surface area contributed by atoms with Gasteiger partial charge in [-0.05, 0) is 68.4 Å². The molecule has 4 fully saturated rings. The number of aromatic nitrogens is 1. The lowest BCUT2D eigenvalue weighted by Crippen LogP contribution is -2.59. The zero-order valence-corrected chi connectivity index (χ0v) is 12.4. The Morgan fingerprint density at radius 3 is 2.20 bits per heavy atom.